The lowest BCUT2D eigenvalue weighted by Crippen LogP contribution is -2.02. The Hall–Kier alpha value is -0.0500. The van der Waals surface area contributed by atoms with Gasteiger partial charge in [0.1, 0.15) is 9.84 Å². The Labute approximate surface area is 127 Å². The Morgan fingerprint density at radius 1 is 0.550 bits per heavy atom. The maximum Gasteiger partial charge on any atom is 0.147 e. The fourth-order valence-corrected chi connectivity index (χ4v) is 3.29. The molecule has 0 saturated heterocycles. The quantitative estimate of drug-likeness (QED) is 0.374. The Bertz CT molecular complexity index is 283. The van der Waals surface area contributed by atoms with Gasteiger partial charge < -0.3 is 0 Å². The number of sulfone groups is 1. The van der Waals surface area contributed by atoms with Gasteiger partial charge in [0.15, 0.2) is 0 Å². The Morgan fingerprint density at radius 2 is 0.850 bits per heavy atom. The minimum atomic E-state index is -2.74. The molecule has 0 unspecified atom stereocenters. The molecule has 0 aromatic carbocycles. The summed E-state index contributed by atoms with van der Waals surface area (Å²) < 4.78 is 21.9. The molecule has 0 rings (SSSR count). The summed E-state index contributed by atoms with van der Waals surface area (Å²) in [5.41, 5.74) is 0. The average molecular weight is 305 g/mol. The minimum Gasteiger partial charge on any atom is -0.229 e. The molecule has 0 radical (unpaired) electrons. The van der Waals surface area contributed by atoms with Crippen molar-refractivity contribution in [2.45, 2.75) is 96.8 Å². The number of rotatable bonds is 15. The molecule has 20 heavy (non-hydrogen) atoms. The predicted molar refractivity (Wildman–Crippen MR) is 90.0 cm³/mol. The molecule has 0 aliphatic carbocycles. The summed E-state index contributed by atoms with van der Waals surface area (Å²) in [7, 11) is -2.74. The third-order valence-electron chi connectivity index (χ3n) is 3.87. The molecule has 3 heteroatoms. The number of hydrogen-bond donors (Lipinski definition) is 0. The van der Waals surface area contributed by atoms with Crippen LogP contribution in [0.4, 0.5) is 0 Å². The van der Waals surface area contributed by atoms with Gasteiger partial charge in [-0.1, -0.05) is 90.4 Å². The van der Waals surface area contributed by atoms with Crippen LogP contribution in [0.3, 0.4) is 0 Å². The van der Waals surface area contributed by atoms with Gasteiger partial charge in [0.25, 0.3) is 0 Å². The van der Waals surface area contributed by atoms with Crippen LogP contribution in [0.15, 0.2) is 0 Å². The van der Waals surface area contributed by atoms with E-state index < -0.39 is 9.84 Å². The van der Waals surface area contributed by atoms with Crippen molar-refractivity contribution in [2.24, 2.45) is 0 Å². The van der Waals surface area contributed by atoms with Crippen molar-refractivity contribution >= 4 is 9.84 Å². The third-order valence-corrected chi connectivity index (χ3v) is 4.90. The summed E-state index contributed by atoms with van der Waals surface area (Å²) in [5, 5.41) is 0. The van der Waals surface area contributed by atoms with E-state index in [1.165, 1.54) is 83.3 Å². The fourth-order valence-electron chi connectivity index (χ4n) is 2.56. The maximum atomic E-state index is 10.9. The summed E-state index contributed by atoms with van der Waals surface area (Å²) in [4.78, 5) is 0. The third kappa shape index (κ3) is 17.9. The maximum absolute atomic E-state index is 10.9. The highest BCUT2D eigenvalue weighted by atomic mass is 32.2. The molecule has 0 fully saturated rings. The molecule has 0 aromatic heterocycles. The van der Waals surface area contributed by atoms with E-state index in [0.717, 1.165) is 12.8 Å². The van der Waals surface area contributed by atoms with Gasteiger partial charge in [-0.25, -0.2) is 8.42 Å². The van der Waals surface area contributed by atoms with Gasteiger partial charge in [-0.2, -0.15) is 0 Å². The van der Waals surface area contributed by atoms with Crippen molar-refractivity contribution < 1.29 is 8.42 Å². The van der Waals surface area contributed by atoms with Crippen molar-refractivity contribution in [3.05, 3.63) is 0 Å². The second-order valence-electron chi connectivity index (χ2n) is 6.23. The number of unbranched alkanes of at least 4 members (excludes halogenated alkanes) is 13. The monoisotopic (exact) mass is 304 g/mol. The highest BCUT2D eigenvalue weighted by molar-refractivity contribution is 7.90. The molecular formula is C17H36O2S. The summed E-state index contributed by atoms with van der Waals surface area (Å²) in [5.74, 6) is 0.366. The van der Waals surface area contributed by atoms with Crippen LogP contribution in [0.25, 0.3) is 0 Å². The summed E-state index contributed by atoms with van der Waals surface area (Å²) in [6.07, 6.45) is 19.6. The van der Waals surface area contributed by atoms with Gasteiger partial charge in [0.2, 0.25) is 0 Å². The van der Waals surface area contributed by atoms with Crippen LogP contribution in [-0.4, -0.2) is 20.4 Å². The lowest BCUT2D eigenvalue weighted by molar-refractivity contribution is 0.537. The zero-order valence-electron chi connectivity index (χ0n) is 13.8. The van der Waals surface area contributed by atoms with Crippen molar-refractivity contribution in [2.75, 3.05) is 12.0 Å². The summed E-state index contributed by atoms with van der Waals surface area (Å²) >= 11 is 0. The first kappa shape index (κ1) is 19.9. The average Bonchev–Trinajstić information content (AvgIpc) is 2.38. The van der Waals surface area contributed by atoms with Gasteiger partial charge >= 0.3 is 0 Å². The van der Waals surface area contributed by atoms with Crippen molar-refractivity contribution in [1.29, 1.82) is 0 Å². The molecule has 0 saturated carbocycles. The van der Waals surface area contributed by atoms with E-state index in [0.29, 0.717) is 5.75 Å². The molecular weight excluding hydrogens is 268 g/mol. The molecule has 0 aromatic rings. The van der Waals surface area contributed by atoms with E-state index in [1.807, 2.05) is 0 Å². The molecule has 0 aliphatic rings. The highest BCUT2D eigenvalue weighted by Crippen LogP contribution is 2.13. The molecule has 0 N–H and O–H groups in total. The standard InChI is InChI=1S/C17H36O2S/c1-3-4-5-6-7-8-9-10-11-12-13-14-15-16-17-20(2,18)19/h3-17H2,1-2H3. The van der Waals surface area contributed by atoms with Gasteiger partial charge in [-0.3, -0.25) is 0 Å². The van der Waals surface area contributed by atoms with Crippen molar-refractivity contribution in [3.8, 4) is 0 Å². The van der Waals surface area contributed by atoms with Crippen molar-refractivity contribution in [1.82, 2.24) is 0 Å². The van der Waals surface area contributed by atoms with Gasteiger partial charge in [-0.05, 0) is 6.42 Å². The zero-order valence-corrected chi connectivity index (χ0v) is 14.6. The largest absolute Gasteiger partial charge is 0.229 e. The topological polar surface area (TPSA) is 34.1 Å². The summed E-state index contributed by atoms with van der Waals surface area (Å²) in [6.45, 7) is 2.27. The Kier molecular flexibility index (Phi) is 13.9. The highest BCUT2D eigenvalue weighted by Gasteiger charge is 2.00. The Balaban J connectivity index is 3.03. The van der Waals surface area contributed by atoms with E-state index in [1.54, 1.807) is 0 Å². The van der Waals surface area contributed by atoms with Crippen molar-refractivity contribution in [3.63, 3.8) is 0 Å². The molecule has 0 aliphatic heterocycles. The van der Waals surface area contributed by atoms with Crippen LogP contribution in [0, 0.1) is 0 Å². The van der Waals surface area contributed by atoms with E-state index >= 15 is 0 Å². The smallest absolute Gasteiger partial charge is 0.147 e. The van der Waals surface area contributed by atoms with Crippen LogP contribution in [0.2, 0.25) is 0 Å². The Morgan fingerprint density at radius 3 is 1.15 bits per heavy atom. The predicted octanol–water partition coefficient (Wildman–Crippen LogP) is 5.51. The lowest BCUT2D eigenvalue weighted by Gasteiger charge is -2.03. The van der Waals surface area contributed by atoms with Crippen LogP contribution >= 0.6 is 0 Å². The first-order chi connectivity index (χ1) is 9.56. The SMILES string of the molecule is CCCCCCCCCCCCCCCCS(C)(=O)=O. The molecule has 0 bridgehead atoms. The van der Waals surface area contributed by atoms with Gasteiger partial charge in [-0.15, -0.1) is 0 Å². The molecule has 2 nitrogen and oxygen atoms in total. The molecule has 122 valence electrons. The van der Waals surface area contributed by atoms with Crippen LogP contribution in [0.5, 0.6) is 0 Å². The molecule has 0 atom stereocenters. The molecule has 0 spiro atoms. The second-order valence-corrected chi connectivity index (χ2v) is 8.49. The first-order valence-electron chi connectivity index (χ1n) is 8.74. The molecule has 0 heterocycles. The van der Waals surface area contributed by atoms with E-state index in [9.17, 15) is 8.42 Å². The second kappa shape index (κ2) is 13.9. The van der Waals surface area contributed by atoms with E-state index in [4.69, 9.17) is 0 Å². The van der Waals surface area contributed by atoms with Crippen LogP contribution < -0.4 is 0 Å². The van der Waals surface area contributed by atoms with E-state index in [-0.39, 0.29) is 0 Å². The normalized spacial score (nSPS) is 11.9. The van der Waals surface area contributed by atoms with Crippen LogP contribution in [-0.2, 0) is 9.84 Å². The zero-order chi connectivity index (χ0) is 15.1. The lowest BCUT2D eigenvalue weighted by atomic mass is 10.0. The number of hydrogen-bond acceptors (Lipinski definition) is 2. The van der Waals surface area contributed by atoms with Crippen LogP contribution in [0.1, 0.15) is 96.8 Å². The fraction of sp³-hybridized carbons (Fsp3) is 1.00. The van der Waals surface area contributed by atoms with Gasteiger partial charge in [0.05, 0.1) is 0 Å². The molecule has 0 amide bonds. The first-order valence-corrected chi connectivity index (χ1v) is 10.8. The summed E-state index contributed by atoms with van der Waals surface area (Å²) in [6, 6.07) is 0. The van der Waals surface area contributed by atoms with Gasteiger partial charge in [0, 0.05) is 12.0 Å². The minimum absolute atomic E-state index is 0.366. The van der Waals surface area contributed by atoms with E-state index in [2.05, 4.69) is 6.92 Å².